The van der Waals surface area contributed by atoms with Crippen molar-refractivity contribution < 1.29 is 13.6 Å². The van der Waals surface area contributed by atoms with Crippen molar-refractivity contribution in [2.45, 2.75) is 0 Å². The fraction of sp³-hybridized carbons (Fsp3) is 0. The second-order valence-electron chi connectivity index (χ2n) is 3.43. The van der Waals surface area contributed by atoms with Crippen LogP contribution in [0.5, 0.6) is 0 Å². The molecule has 0 radical (unpaired) electrons. The predicted molar refractivity (Wildman–Crippen MR) is 63.9 cm³/mol. The highest BCUT2D eigenvalue weighted by Crippen LogP contribution is 2.19. The first kappa shape index (κ1) is 11.9. The molecule has 0 unspecified atom stereocenters. The summed E-state index contributed by atoms with van der Waals surface area (Å²) >= 11 is 3.09. The maximum Gasteiger partial charge on any atom is 0.198 e. The van der Waals surface area contributed by atoms with Crippen LogP contribution in [-0.4, -0.2) is 5.78 Å². The van der Waals surface area contributed by atoms with E-state index in [0.29, 0.717) is 4.47 Å². The average molecular weight is 297 g/mol. The van der Waals surface area contributed by atoms with Crippen molar-refractivity contribution in [2.24, 2.45) is 0 Å². The van der Waals surface area contributed by atoms with E-state index < -0.39 is 17.4 Å². The number of rotatable bonds is 2. The first-order valence-electron chi connectivity index (χ1n) is 4.84. The average Bonchev–Trinajstić information content (AvgIpc) is 2.29. The Morgan fingerprint density at radius 3 is 2.24 bits per heavy atom. The smallest absolute Gasteiger partial charge is 0.198 e. The molecular weight excluding hydrogens is 290 g/mol. The molecule has 0 aromatic heterocycles. The fourth-order valence-corrected chi connectivity index (χ4v) is 1.80. The normalized spacial score (nSPS) is 10.3. The molecule has 0 saturated heterocycles. The van der Waals surface area contributed by atoms with Crippen LogP contribution in [0.25, 0.3) is 0 Å². The lowest BCUT2D eigenvalue weighted by atomic mass is 10.0. The molecule has 0 amide bonds. The van der Waals surface area contributed by atoms with Crippen LogP contribution in [0.3, 0.4) is 0 Å². The minimum Gasteiger partial charge on any atom is -0.288 e. The van der Waals surface area contributed by atoms with Crippen LogP contribution < -0.4 is 0 Å². The van der Waals surface area contributed by atoms with E-state index in [1.165, 1.54) is 42.5 Å². The zero-order valence-corrected chi connectivity index (χ0v) is 10.2. The first-order valence-corrected chi connectivity index (χ1v) is 5.63. The van der Waals surface area contributed by atoms with Crippen LogP contribution >= 0.6 is 15.9 Å². The van der Waals surface area contributed by atoms with Gasteiger partial charge in [0.2, 0.25) is 0 Å². The molecule has 0 heterocycles. The standard InChI is InChI=1S/C13H7BrF2O/c14-8-5-6-10(12(16)7-8)13(17)9-3-1-2-4-11(9)15/h1-7H. The molecule has 2 rings (SSSR count). The van der Waals surface area contributed by atoms with Gasteiger partial charge in [0.05, 0.1) is 11.1 Å². The van der Waals surface area contributed by atoms with Gasteiger partial charge in [0, 0.05) is 4.47 Å². The molecule has 17 heavy (non-hydrogen) atoms. The third-order valence-corrected chi connectivity index (χ3v) is 2.79. The van der Waals surface area contributed by atoms with E-state index in [1.807, 2.05) is 0 Å². The Balaban J connectivity index is 2.48. The van der Waals surface area contributed by atoms with Crippen LogP contribution in [0.2, 0.25) is 0 Å². The molecule has 0 spiro atoms. The van der Waals surface area contributed by atoms with Gasteiger partial charge in [-0.2, -0.15) is 0 Å². The quantitative estimate of drug-likeness (QED) is 0.767. The summed E-state index contributed by atoms with van der Waals surface area (Å²) < 4.78 is 27.5. The molecule has 2 aromatic rings. The van der Waals surface area contributed by atoms with Gasteiger partial charge in [0.25, 0.3) is 0 Å². The summed E-state index contributed by atoms with van der Waals surface area (Å²) in [5, 5.41) is 0. The SMILES string of the molecule is O=C(c1ccccc1F)c1ccc(Br)cc1F. The van der Waals surface area contributed by atoms with E-state index >= 15 is 0 Å². The number of ketones is 1. The molecule has 86 valence electrons. The summed E-state index contributed by atoms with van der Waals surface area (Å²) in [7, 11) is 0. The fourth-order valence-electron chi connectivity index (χ4n) is 1.46. The lowest BCUT2D eigenvalue weighted by molar-refractivity contribution is 0.103. The number of hydrogen-bond acceptors (Lipinski definition) is 1. The molecule has 0 fully saturated rings. The third-order valence-electron chi connectivity index (χ3n) is 2.29. The van der Waals surface area contributed by atoms with Crippen LogP contribution in [0, 0.1) is 11.6 Å². The van der Waals surface area contributed by atoms with Gasteiger partial charge in [-0.3, -0.25) is 4.79 Å². The van der Waals surface area contributed by atoms with E-state index in [4.69, 9.17) is 0 Å². The van der Waals surface area contributed by atoms with E-state index in [-0.39, 0.29) is 11.1 Å². The Hall–Kier alpha value is -1.55. The minimum absolute atomic E-state index is 0.131. The number of halogens is 3. The summed E-state index contributed by atoms with van der Waals surface area (Å²) in [6, 6.07) is 9.56. The molecule has 0 aliphatic heterocycles. The van der Waals surface area contributed by atoms with Gasteiger partial charge in [-0.15, -0.1) is 0 Å². The molecule has 4 heteroatoms. The summed E-state index contributed by atoms with van der Waals surface area (Å²) in [5.74, 6) is -1.99. The lowest BCUT2D eigenvalue weighted by Crippen LogP contribution is -2.06. The number of benzene rings is 2. The largest absolute Gasteiger partial charge is 0.288 e. The van der Waals surface area contributed by atoms with Gasteiger partial charge < -0.3 is 0 Å². The van der Waals surface area contributed by atoms with Gasteiger partial charge in [-0.1, -0.05) is 28.1 Å². The maximum atomic E-state index is 13.5. The molecule has 2 aromatic carbocycles. The highest BCUT2D eigenvalue weighted by Gasteiger charge is 2.17. The zero-order chi connectivity index (χ0) is 12.4. The molecule has 0 aliphatic rings. The van der Waals surface area contributed by atoms with E-state index in [1.54, 1.807) is 0 Å². The number of hydrogen-bond donors (Lipinski definition) is 0. The van der Waals surface area contributed by atoms with Crippen LogP contribution in [0.15, 0.2) is 46.9 Å². The number of carbonyl (C=O) groups is 1. The Kier molecular flexibility index (Phi) is 3.33. The van der Waals surface area contributed by atoms with Gasteiger partial charge in [0.1, 0.15) is 11.6 Å². The highest BCUT2D eigenvalue weighted by molar-refractivity contribution is 9.10. The van der Waals surface area contributed by atoms with Gasteiger partial charge in [-0.05, 0) is 30.3 Å². The molecule has 0 saturated carbocycles. The third kappa shape index (κ3) is 2.42. The maximum absolute atomic E-state index is 13.5. The van der Waals surface area contributed by atoms with E-state index in [2.05, 4.69) is 15.9 Å². The van der Waals surface area contributed by atoms with Crippen molar-refractivity contribution in [2.75, 3.05) is 0 Å². The Morgan fingerprint density at radius 2 is 1.59 bits per heavy atom. The van der Waals surface area contributed by atoms with Crippen molar-refractivity contribution in [3.8, 4) is 0 Å². The Bertz CT molecular complexity index is 581. The van der Waals surface area contributed by atoms with Crippen molar-refractivity contribution in [1.82, 2.24) is 0 Å². The van der Waals surface area contributed by atoms with Crippen molar-refractivity contribution in [3.63, 3.8) is 0 Å². The Labute approximate surface area is 105 Å². The van der Waals surface area contributed by atoms with Crippen LogP contribution in [0.4, 0.5) is 8.78 Å². The summed E-state index contributed by atoms with van der Waals surface area (Å²) in [5.41, 5.74) is -0.271. The van der Waals surface area contributed by atoms with E-state index in [0.717, 1.165) is 0 Å². The van der Waals surface area contributed by atoms with Gasteiger partial charge in [-0.25, -0.2) is 8.78 Å². The van der Waals surface area contributed by atoms with E-state index in [9.17, 15) is 13.6 Å². The second-order valence-corrected chi connectivity index (χ2v) is 4.35. The zero-order valence-electron chi connectivity index (χ0n) is 8.58. The molecule has 1 nitrogen and oxygen atoms in total. The van der Waals surface area contributed by atoms with Crippen LogP contribution in [0.1, 0.15) is 15.9 Å². The molecule has 0 aliphatic carbocycles. The van der Waals surface area contributed by atoms with Crippen molar-refractivity contribution >= 4 is 21.7 Å². The molecule has 0 bridgehead atoms. The monoisotopic (exact) mass is 296 g/mol. The topological polar surface area (TPSA) is 17.1 Å². The van der Waals surface area contributed by atoms with Crippen molar-refractivity contribution in [3.05, 3.63) is 69.7 Å². The first-order chi connectivity index (χ1) is 8.09. The minimum atomic E-state index is -0.673. The van der Waals surface area contributed by atoms with Crippen LogP contribution in [-0.2, 0) is 0 Å². The summed E-state index contributed by atoms with van der Waals surface area (Å²) in [6.45, 7) is 0. The lowest BCUT2D eigenvalue weighted by Gasteiger charge is -2.04. The van der Waals surface area contributed by atoms with Gasteiger partial charge >= 0.3 is 0 Å². The predicted octanol–water partition coefficient (Wildman–Crippen LogP) is 3.96. The highest BCUT2D eigenvalue weighted by atomic mass is 79.9. The van der Waals surface area contributed by atoms with Crippen molar-refractivity contribution in [1.29, 1.82) is 0 Å². The summed E-state index contributed by atoms with van der Waals surface area (Å²) in [4.78, 5) is 11.9. The molecule has 0 N–H and O–H groups in total. The second kappa shape index (κ2) is 4.75. The molecule has 0 atom stereocenters. The Morgan fingerprint density at radius 1 is 0.941 bits per heavy atom. The summed E-state index contributed by atoms with van der Waals surface area (Å²) in [6.07, 6.45) is 0. The number of carbonyl (C=O) groups excluding carboxylic acids is 1. The molecular formula is C13H7BrF2O. The van der Waals surface area contributed by atoms with Gasteiger partial charge in [0.15, 0.2) is 5.78 Å².